The minimum absolute atomic E-state index is 0.0229. The Morgan fingerprint density at radius 2 is 1.38 bits per heavy atom. The van der Waals surface area contributed by atoms with Gasteiger partial charge >= 0.3 is 13.8 Å². The van der Waals surface area contributed by atoms with Crippen molar-refractivity contribution in [3.63, 3.8) is 0 Å². The quantitative estimate of drug-likeness (QED) is 0.582. The van der Waals surface area contributed by atoms with Gasteiger partial charge in [0.15, 0.2) is 6.17 Å². The lowest BCUT2D eigenvalue weighted by Crippen LogP contribution is -2.16. The van der Waals surface area contributed by atoms with Crippen molar-refractivity contribution in [2.75, 3.05) is 6.61 Å². The van der Waals surface area contributed by atoms with Crippen molar-refractivity contribution in [2.45, 2.75) is 25.8 Å². The molecule has 1 atom stereocenters. The molecule has 0 saturated heterocycles. The Hall–Kier alpha value is -2.05. The summed E-state index contributed by atoms with van der Waals surface area (Å²) in [7, 11) is -4.00. The lowest BCUT2D eigenvalue weighted by atomic mass is 10.2. The first kappa shape index (κ1) is 20.3. The maximum absolute atomic E-state index is 13.2. The van der Waals surface area contributed by atoms with E-state index in [4.69, 9.17) is 18.7 Å². The molecule has 8 heteroatoms. The van der Waals surface area contributed by atoms with Crippen LogP contribution in [0, 0.1) is 0 Å². The molecule has 0 amide bonds. The fraction of sp³-hybridized carbons (Fsp3) is 0.278. The second-order valence-corrected chi connectivity index (χ2v) is 7.06. The van der Waals surface area contributed by atoms with Gasteiger partial charge in [0.1, 0.15) is 0 Å². The average Bonchev–Trinajstić information content (AvgIpc) is 2.66. The van der Waals surface area contributed by atoms with Crippen molar-refractivity contribution < 1.29 is 32.4 Å². The third kappa shape index (κ3) is 7.06. The van der Waals surface area contributed by atoms with E-state index in [1.807, 2.05) is 12.1 Å². The Balaban J connectivity index is 1.96. The van der Waals surface area contributed by atoms with E-state index in [1.54, 1.807) is 48.5 Å². The number of hydrogen-bond donors (Lipinski definition) is 1. The number of rotatable bonds is 11. The van der Waals surface area contributed by atoms with Gasteiger partial charge in [0, 0.05) is 6.42 Å². The Bertz CT molecular complexity index is 677. The van der Waals surface area contributed by atoms with Gasteiger partial charge in [0.05, 0.1) is 19.8 Å². The molecule has 2 aromatic rings. The van der Waals surface area contributed by atoms with E-state index in [9.17, 15) is 13.8 Å². The predicted octanol–water partition coefficient (Wildman–Crippen LogP) is 4.36. The fourth-order valence-corrected chi connectivity index (χ4v) is 3.13. The van der Waals surface area contributed by atoms with E-state index >= 15 is 0 Å². The molecule has 140 valence electrons. The van der Waals surface area contributed by atoms with Crippen molar-refractivity contribution in [3.8, 4) is 0 Å². The largest absolute Gasteiger partial charge is 0.479 e. The van der Waals surface area contributed by atoms with Gasteiger partial charge in [0.25, 0.3) is 0 Å². The molecule has 0 spiro atoms. The van der Waals surface area contributed by atoms with Crippen LogP contribution in [-0.4, -0.2) is 23.9 Å². The van der Waals surface area contributed by atoms with E-state index in [-0.39, 0.29) is 13.2 Å². The van der Waals surface area contributed by atoms with E-state index in [0.29, 0.717) is 0 Å². The summed E-state index contributed by atoms with van der Waals surface area (Å²) in [6.45, 7) is -0.454. The standard InChI is InChI=1S/C18H20FO6P/c19-17(18(20)21)11-12-23-26(22,24-13-15-7-3-1-4-8-15)25-14-16-9-5-2-6-10-16/h1-10,17H,11-14H2,(H,20,21). The molecule has 0 radical (unpaired) electrons. The zero-order valence-electron chi connectivity index (χ0n) is 14.0. The number of carboxylic acids is 1. The van der Waals surface area contributed by atoms with Crippen molar-refractivity contribution in [1.29, 1.82) is 0 Å². The Labute approximate surface area is 151 Å². The molecule has 0 bridgehead atoms. The highest BCUT2D eigenvalue weighted by molar-refractivity contribution is 7.48. The molecule has 0 aliphatic carbocycles. The number of aliphatic carboxylic acids is 1. The van der Waals surface area contributed by atoms with Crippen LogP contribution in [0.4, 0.5) is 4.39 Å². The first-order chi connectivity index (χ1) is 12.5. The highest BCUT2D eigenvalue weighted by Crippen LogP contribution is 2.51. The summed E-state index contributed by atoms with van der Waals surface area (Å²) in [5.74, 6) is -1.60. The highest BCUT2D eigenvalue weighted by atomic mass is 31.2. The number of carboxylic acid groups (broad SMARTS) is 1. The van der Waals surface area contributed by atoms with E-state index in [0.717, 1.165) is 11.1 Å². The van der Waals surface area contributed by atoms with Gasteiger partial charge in [-0.1, -0.05) is 60.7 Å². The first-order valence-electron chi connectivity index (χ1n) is 7.97. The van der Waals surface area contributed by atoms with Gasteiger partial charge < -0.3 is 5.11 Å². The van der Waals surface area contributed by atoms with Crippen molar-refractivity contribution in [3.05, 3.63) is 71.8 Å². The fourth-order valence-electron chi connectivity index (χ4n) is 1.96. The summed E-state index contributed by atoms with van der Waals surface area (Å²) in [6.07, 6.45) is -2.56. The monoisotopic (exact) mass is 382 g/mol. The summed E-state index contributed by atoms with van der Waals surface area (Å²) < 4.78 is 41.7. The Morgan fingerprint density at radius 1 is 0.923 bits per heavy atom. The number of halogens is 1. The summed E-state index contributed by atoms with van der Waals surface area (Å²) in [4.78, 5) is 10.5. The van der Waals surface area contributed by atoms with Crippen LogP contribution in [0.1, 0.15) is 17.5 Å². The molecule has 1 unspecified atom stereocenters. The smallest absolute Gasteiger partial charge is 0.475 e. The van der Waals surface area contributed by atoms with Crippen LogP contribution in [0.25, 0.3) is 0 Å². The number of alkyl halides is 1. The van der Waals surface area contributed by atoms with E-state index in [2.05, 4.69) is 0 Å². The molecule has 1 N–H and O–H groups in total. The molecule has 0 aliphatic heterocycles. The topological polar surface area (TPSA) is 82.1 Å². The Kier molecular flexibility index (Phi) is 7.94. The minimum Gasteiger partial charge on any atom is -0.479 e. The molecule has 2 rings (SSSR count). The molecule has 6 nitrogen and oxygen atoms in total. The summed E-state index contributed by atoms with van der Waals surface area (Å²) in [5, 5.41) is 8.55. The summed E-state index contributed by atoms with van der Waals surface area (Å²) >= 11 is 0. The van der Waals surface area contributed by atoms with Crippen LogP contribution in [-0.2, 0) is 36.1 Å². The number of benzene rings is 2. The third-order valence-electron chi connectivity index (χ3n) is 3.35. The maximum Gasteiger partial charge on any atom is 0.475 e. The molecule has 2 aromatic carbocycles. The molecular weight excluding hydrogens is 362 g/mol. The normalized spacial score (nSPS) is 12.7. The molecule has 26 heavy (non-hydrogen) atoms. The third-order valence-corrected chi connectivity index (χ3v) is 4.74. The molecule has 0 saturated carbocycles. The number of carbonyl (C=O) groups is 1. The number of phosphoric ester groups is 1. The number of phosphoric acid groups is 1. The molecule has 0 aliphatic rings. The molecule has 0 aromatic heterocycles. The van der Waals surface area contributed by atoms with Gasteiger partial charge in [-0.3, -0.25) is 13.6 Å². The van der Waals surface area contributed by atoms with Gasteiger partial charge in [0.2, 0.25) is 0 Å². The lowest BCUT2D eigenvalue weighted by Gasteiger charge is -2.18. The van der Waals surface area contributed by atoms with Gasteiger partial charge in [-0.15, -0.1) is 0 Å². The second-order valence-electron chi connectivity index (χ2n) is 5.39. The van der Waals surface area contributed by atoms with Crippen molar-refractivity contribution in [1.82, 2.24) is 0 Å². The van der Waals surface area contributed by atoms with E-state index in [1.165, 1.54) is 0 Å². The van der Waals surface area contributed by atoms with Gasteiger partial charge in [-0.05, 0) is 11.1 Å². The van der Waals surface area contributed by atoms with Crippen LogP contribution in [0.2, 0.25) is 0 Å². The van der Waals surface area contributed by atoms with Gasteiger partial charge in [-0.2, -0.15) is 0 Å². The van der Waals surface area contributed by atoms with Crippen LogP contribution < -0.4 is 0 Å². The zero-order chi connectivity index (χ0) is 18.8. The van der Waals surface area contributed by atoms with Crippen molar-refractivity contribution in [2.24, 2.45) is 0 Å². The maximum atomic E-state index is 13.2. The van der Waals surface area contributed by atoms with Crippen molar-refractivity contribution >= 4 is 13.8 Å². The van der Waals surface area contributed by atoms with Gasteiger partial charge in [-0.25, -0.2) is 13.8 Å². The number of hydrogen-bond acceptors (Lipinski definition) is 5. The SMILES string of the molecule is O=C(O)C(F)CCOP(=O)(OCc1ccccc1)OCc1ccccc1. The lowest BCUT2D eigenvalue weighted by molar-refractivity contribution is -0.143. The summed E-state index contributed by atoms with van der Waals surface area (Å²) in [5.41, 5.74) is 1.52. The van der Waals surface area contributed by atoms with Crippen LogP contribution >= 0.6 is 7.82 Å². The van der Waals surface area contributed by atoms with Crippen LogP contribution in [0.3, 0.4) is 0 Å². The second kappa shape index (κ2) is 10.2. The molecular formula is C18H20FO6P. The molecule has 0 fully saturated rings. The Morgan fingerprint density at radius 3 is 1.81 bits per heavy atom. The van der Waals surface area contributed by atoms with E-state index < -0.39 is 33.0 Å². The minimum atomic E-state index is -4.00. The summed E-state index contributed by atoms with van der Waals surface area (Å²) in [6, 6.07) is 18.0. The van der Waals surface area contributed by atoms with Crippen LogP contribution in [0.5, 0.6) is 0 Å². The highest BCUT2D eigenvalue weighted by Gasteiger charge is 2.28. The average molecular weight is 382 g/mol. The molecule has 0 heterocycles. The predicted molar refractivity (Wildman–Crippen MR) is 93.2 cm³/mol. The first-order valence-corrected chi connectivity index (χ1v) is 9.43. The van der Waals surface area contributed by atoms with Crippen LogP contribution in [0.15, 0.2) is 60.7 Å². The zero-order valence-corrected chi connectivity index (χ0v) is 14.9.